The number of carboxylic acid groups (broad SMARTS) is 1. The monoisotopic (exact) mass is 333 g/mol. The summed E-state index contributed by atoms with van der Waals surface area (Å²) in [5.74, 6) is -0.785. The molecule has 25 heavy (non-hydrogen) atoms. The quantitative estimate of drug-likeness (QED) is 0.689. The normalized spacial score (nSPS) is 29.2. The highest BCUT2D eigenvalue weighted by Crippen LogP contribution is 2.70. The number of benzene rings is 1. The van der Waals surface area contributed by atoms with Crippen molar-refractivity contribution in [2.45, 2.75) is 44.4 Å². The highest BCUT2D eigenvalue weighted by molar-refractivity contribution is 6.02. The van der Waals surface area contributed by atoms with Gasteiger partial charge in [-0.1, -0.05) is 20.8 Å². The molecule has 2 bridgehead atoms. The Morgan fingerprint density at radius 1 is 1.04 bits per heavy atom. The van der Waals surface area contributed by atoms with Crippen molar-refractivity contribution in [3.63, 3.8) is 0 Å². The molecule has 5 rings (SSSR count). The molecule has 2 aliphatic carbocycles. The van der Waals surface area contributed by atoms with E-state index in [1.54, 1.807) is 6.20 Å². The first-order chi connectivity index (χ1) is 11.8. The lowest BCUT2D eigenvalue weighted by molar-refractivity contribution is -0.148. The first kappa shape index (κ1) is 14.8. The molecule has 1 aromatic carbocycles. The molecule has 1 saturated carbocycles. The van der Waals surface area contributed by atoms with Crippen LogP contribution in [0, 0.1) is 5.41 Å². The van der Waals surface area contributed by atoms with E-state index in [1.165, 1.54) is 0 Å². The second-order valence-electron chi connectivity index (χ2n) is 8.09. The van der Waals surface area contributed by atoms with Crippen molar-refractivity contribution in [2.75, 3.05) is 0 Å². The number of hydrogen-bond donors (Lipinski definition) is 1. The Morgan fingerprint density at radius 2 is 1.80 bits per heavy atom. The minimum Gasteiger partial charge on any atom is -0.481 e. The summed E-state index contributed by atoms with van der Waals surface area (Å²) in [7, 11) is 0. The second-order valence-corrected chi connectivity index (χ2v) is 8.09. The van der Waals surface area contributed by atoms with Crippen LogP contribution in [0.15, 0.2) is 30.5 Å². The molecule has 3 aromatic rings. The fraction of sp³-hybridized carbons (Fsp3) is 0.400. The van der Waals surface area contributed by atoms with E-state index in [1.807, 2.05) is 24.3 Å². The van der Waals surface area contributed by atoms with Crippen LogP contribution in [0.1, 0.15) is 45.0 Å². The molecule has 0 spiro atoms. The Labute approximate surface area is 145 Å². The number of aliphatic carboxylic acids is 1. The van der Waals surface area contributed by atoms with Crippen molar-refractivity contribution >= 4 is 27.9 Å². The van der Waals surface area contributed by atoms with Crippen LogP contribution in [0.3, 0.4) is 0 Å². The zero-order valence-corrected chi connectivity index (χ0v) is 14.5. The van der Waals surface area contributed by atoms with Gasteiger partial charge in [0, 0.05) is 17.0 Å². The number of aromatic nitrogens is 3. The summed E-state index contributed by atoms with van der Waals surface area (Å²) in [6.07, 6.45) is 3.19. The SMILES string of the molecule is CC1(C)[C@@]2(C)CC[C@]1(C(=O)O)c1nc3c(ccc4ncccc43)nc12. The van der Waals surface area contributed by atoms with Crippen molar-refractivity contribution in [3.8, 4) is 0 Å². The summed E-state index contributed by atoms with van der Waals surface area (Å²) in [5.41, 5.74) is 2.25. The zero-order valence-electron chi connectivity index (χ0n) is 14.5. The topological polar surface area (TPSA) is 76.0 Å². The van der Waals surface area contributed by atoms with E-state index in [0.717, 1.165) is 34.1 Å². The van der Waals surface area contributed by atoms with Crippen LogP contribution in [0.2, 0.25) is 0 Å². The van der Waals surface area contributed by atoms with Crippen LogP contribution in [0.25, 0.3) is 21.9 Å². The van der Waals surface area contributed by atoms with Gasteiger partial charge in [-0.2, -0.15) is 0 Å². The highest BCUT2D eigenvalue weighted by atomic mass is 16.4. The number of fused-ring (bicyclic) bond motifs is 8. The third-order valence-corrected chi connectivity index (χ3v) is 7.15. The summed E-state index contributed by atoms with van der Waals surface area (Å²) in [6.45, 7) is 6.26. The molecular formula is C20H19N3O2. The predicted molar refractivity (Wildman–Crippen MR) is 94.5 cm³/mol. The first-order valence-electron chi connectivity index (χ1n) is 8.63. The van der Waals surface area contributed by atoms with Gasteiger partial charge in [-0.15, -0.1) is 0 Å². The molecule has 2 aromatic heterocycles. The van der Waals surface area contributed by atoms with Gasteiger partial charge in [0.25, 0.3) is 0 Å². The molecule has 0 amide bonds. The van der Waals surface area contributed by atoms with Crippen LogP contribution in [0.4, 0.5) is 0 Å². The number of hydrogen-bond acceptors (Lipinski definition) is 4. The van der Waals surface area contributed by atoms with Crippen LogP contribution in [0.5, 0.6) is 0 Å². The molecule has 5 heteroatoms. The fourth-order valence-electron chi connectivity index (χ4n) is 5.19. The Hall–Kier alpha value is -2.56. The maximum Gasteiger partial charge on any atom is 0.316 e. The van der Waals surface area contributed by atoms with E-state index < -0.39 is 16.8 Å². The summed E-state index contributed by atoms with van der Waals surface area (Å²) >= 11 is 0. The number of carboxylic acids is 1. The van der Waals surface area contributed by atoms with Crippen molar-refractivity contribution in [1.29, 1.82) is 0 Å². The Balaban J connectivity index is 1.95. The Bertz CT molecular complexity index is 1090. The molecule has 1 N–H and O–H groups in total. The molecule has 5 nitrogen and oxygen atoms in total. The van der Waals surface area contributed by atoms with Crippen molar-refractivity contribution in [3.05, 3.63) is 41.9 Å². The minimum absolute atomic E-state index is 0.272. The Kier molecular flexibility index (Phi) is 2.45. The van der Waals surface area contributed by atoms with Gasteiger partial charge in [-0.25, -0.2) is 9.97 Å². The average Bonchev–Trinajstić information content (AvgIpc) is 2.89. The van der Waals surface area contributed by atoms with E-state index in [2.05, 4.69) is 25.8 Å². The standard InChI is InChI=1S/C20H19N3O2/c1-18(2)19(3)8-9-20(18,17(24)25)16-15(19)22-13-7-6-12-11(14(13)23-16)5-4-10-21-12/h4-7,10H,8-9H2,1-3H3,(H,24,25)/t19-,20+/m0/s1. The molecule has 1 fully saturated rings. The van der Waals surface area contributed by atoms with Gasteiger partial charge in [0.15, 0.2) is 0 Å². The van der Waals surface area contributed by atoms with Gasteiger partial charge in [-0.3, -0.25) is 9.78 Å². The van der Waals surface area contributed by atoms with Gasteiger partial charge in [-0.05, 0) is 42.5 Å². The van der Waals surface area contributed by atoms with E-state index in [0.29, 0.717) is 12.1 Å². The first-order valence-corrected chi connectivity index (χ1v) is 8.63. The molecule has 126 valence electrons. The molecule has 0 unspecified atom stereocenters. The molecule has 0 radical (unpaired) electrons. The predicted octanol–water partition coefficient (Wildman–Crippen LogP) is 3.59. The maximum atomic E-state index is 12.4. The van der Waals surface area contributed by atoms with Crippen LogP contribution >= 0.6 is 0 Å². The van der Waals surface area contributed by atoms with Crippen LogP contribution in [-0.2, 0) is 15.6 Å². The van der Waals surface area contributed by atoms with Crippen molar-refractivity contribution in [2.24, 2.45) is 5.41 Å². The maximum absolute atomic E-state index is 12.4. The van der Waals surface area contributed by atoms with Crippen molar-refractivity contribution in [1.82, 2.24) is 15.0 Å². The summed E-state index contributed by atoms with van der Waals surface area (Å²) < 4.78 is 0. The van der Waals surface area contributed by atoms with Gasteiger partial charge < -0.3 is 5.11 Å². The van der Waals surface area contributed by atoms with Crippen LogP contribution in [-0.4, -0.2) is 26.0 Å². The number of rotatable bonds is 1. The average molecular weight is 333 g/mol. The smallest absolute Gasteiger partial charge is 0.316 e. The lowest BCUT2D eigenvalue weighted by Gasteiger charge is -2.37. The van der Waals surface area contributed by atoms with E-state index in [9.17, 15) is 9.90 Å². The van der Waals surface area contributed by atoms with Gasteiger partial charge >= 0.3 is 5.97 Å². The van der Waals surface area contributed by atoms with Gasteiger partial charge in [0.1, 0.15) is 5.41 Å². The molecule has 2 heterocycles. The molecule has 2 atom stereocenters. The molecule has 2 aliphatic rings. The third-order valence-electron chi connectivity index (χ3n) is 7.15. The lowest BCUT2D eigenvalue weighted by Crippen LogP contribution is -2.45. The number of pyridine rings is 1. The zero-order chi connectivity index (χ0) is 17.6. The van der Waals surface area contributed by atoms with E-state index in [4.69, 9.17) is 9.97 Å². The largest absolute Gasteiger partial charge is 0.481 e. The number of nitrogens with zero attached hydrogens (tertiary/aromatic N) is 3. The third kappa shape index (κ3) is 1.39. The molecular weight excluding hydrogens is 314 g/mol. The summed E-state index contributed by atoms with van der Waals surface area (Å²) in [5, 5.41) is 11.1. The lowest BCUT2D eigenvalue weighted by atomic mass is 9.64. The second kappa shape index (κ2) is 4.15. The van der Waals surface area contributed by atoms with Crippen molar-refractivity contribution < 1.29 is 9.90 Å². The molecule has 0 aliphatic heterocycles. The Morgan fingerprint density at radius 3 is 2.56 bits per heavy atom. The minimum atomic E-state index is -0.970. The summed E-state index contributed by atoms with van der Waals surface area (Å²) in [6, 6.07) is 7.74. The van der Waals surface area contributed by atoms with Crippen LogP contribution < -0.4 is 0 Å². The fourth-order valence-corrected chi connectivity index (χ4v) is 5.19. The van der Waals surface area contributed by atoms with Gasteiger partial charge in [0.2, 0.25) is 0 Å². The van der Waals surface area contributed by atoms with E-state index in [-0.39, 0.29) is 5.41 Å². The van der Waals surface area contributed by atoms with E-state index >= 15 is 0 Å². The molecule has 0 saturated heterocycles. The summed E-state index contributed by atoms with van der Waals surface area (Å²) in [4.78, 5) is 26.7. The highest BCUT2D eigenvalue weighted by Gasteiger charge is 2.73. The van der Waals surface area contributed by atoms with Gasteiger partial charge in [0.05, 0.1) is 27.9 Å². The number of carbonyl (C=O) groups is 1.